The fraction of sp³-hybridized carbons (Fsp3) is 0.464. The molecule has 0 aromatic heterocycles. The van der Waals surface area contributed by atoms with Gasteiger partial charge >= 0.3 is 0 Å². The highest BCUT2D eigenvalue weighted by atomic mass is 32.2. The summed E-state index contributed by atoms with van der Waals surface area (Å²) in [5.41, 5.74) is 2.10. The maximum atomic E-state index is 12.9. The van der Waals surface area contributed by atoms with E-state index in [1.807, 2.05) is 36.4 Å². The van der Waals surface area contributed by atoms with Gasteiger partial charge in [0.05, 0.1) is 0 Å². The minimum atomic E-state index is -0.303. The molecule has 0 heterocycles. The van der Waals surface area contributed by atoms with E-state index in [9.17, 15) is 4.79 Å². The van der Waals surface area contributed by atoms with Crippen molar-refractivity contribution >= 4 is 22.7 Å². The van der Waals surface area contributed by atoms with E-state index in [0.717, 1.165) is 23.9 Å². The number of hydrogen-bond acceptors (Lipinski definition) is 2. The summed E-state index contributed by atoms with van der Waals surface area (Å²) in [7, 11) is 0. The van der Waals surface area contributed by atoms with E-state index in [4.69, 9.17) is 0 Å². The molecule has 3 rings (SSSR count). The van der Waals surface area contributed by atoms with Gasteiger partial charge in [0.1, 0.15) is 0 Å². The Morgan fingerprint density at radius 2 is 1.74 bits per heavy atom. The van der Waals surface area contributed by atoms with Crippen LogP contribution in [0.15, 0.2) is 72.8 Å². The van der Waals surface area contributed by atoms with Gasteiger partial charge in [0, 0.05) is 10.4 Å². The summed E-state index contributed by atoms with van der Waals surface area (Å²) in [6.07, 6.45) is 9.49. The van der Waals surface area contributed by atoms with Crippen LogP contribution < -0.4 is 5.32 Å². The van der Waals surface area contributed by atoms with E-state index in [0.29, 0.717) is 11.8 Å². The minimum Gasteiger partial charge on any atom is -0.317 e. The van der Waals surface area contributed by atoms with Crippen molar-refractivity contribution in [2.45, 2.75) is 58.1 Å². The molecule has 1 fully saturated rings. The van der Waals surface area contributed by atoms with Gasteiger partial charge in [0.2, 0.25) is 0 Å². The molecule has 0 radical (unpaired) electrons. The molecule has 0 saturated heterocycles. The number of para-hydroxylation sites is 1. The van der Waals surface area contributed by atoms with Crippen molar-refractivity contribution in [1.82, 2.24) is 0 Å². The Balaban J connectivity index is 1.79. The summed E-state index contributed by atoms with van der Waals surface area (Å²) >= 11 is 1.40. The Morgan fingerprint density at radius 3 is 2.39 bits per heavy atom. The van der Waals surface area contributed by atoms with Gasteiger partial charge in [-0.25, -0.2) is 0 Å². The average Bonchev–Trinajstić information content (AvgIpc) is 2.73. The molecule has 2 aromatic rings. The molecule has 0 spiro atoms. The quantitative estimate of drug-likeness (QED) is 0.444. The lowest BCUT2D eigenvalue weighted by Gasteiger charge is -2.36. The van der Waals surface area contributed by atoms with Crippen LogP contribution in [0.25, 0.3) is 0 Å². The second kappa shape index (κ2) is 11.0. The smallest absolute Gasteiger partial charge is 0.284 e. The van der Waals surface area contributed by atoms with Crippen LogP contribution >= 0.6 is 11.8 Å². The lowest BCUT2D eigenvalue weighted by atomic mass is 9.70. The molecular weight excluding hydrogens is 398 g/mol. The van der Waals surface area contributed by atoms with Crippen LogP contribution in [0.5, 0.6) is 0 Å². The van der Waals surface area contributed by atoms with Crippen molar-refractivity contribution in [2.24, 2.45) is 23.7 Å². The molecule has 31 heavy (non-hydrogen) atoms. The van der Waals surface area contributed by atoms with Gasteiger partial charge in [-0.05, 0) is 67.6 Å². The number of carbonyl (C=O) groups excluding carboxylic acids is 1. The zero-order valence-corrected chi connectivity index (χ0v) is 20.2. The Kier molecular flexibility index (Phi) is 8.43. The molecule has 3 heteroatoms. The molecule has 0 aliphatic heterocycles. The van der Waals surface area contributed by atoms with Crippen molar-refractivity contribution in [3.05, 3.63) is 78.4 Å². The first kappa shape index (κ1) is 23.7. The molecule has 1 aliphatic rings. The zero-order valence-electron chi connectivity index (χ0n) is 19.4. The maximum Gasteiger partial charge on any atom is 0.284 e. The van der Waals surface area contributed by atoms with Crippen LogP contribution in [0.1, 0.15) is 52.5 Å². The second-order valence-corrected chi connectivity index (χ2v) is 11.2. The predicted octanol–water partition coefficient (Wildman–Crippen LogP) is 8.22. The lowest BCUT2D eigenvalue weighted by Crippen LogP contribution is -2.28. The summed E-state index contributed by atoms with van der Waals surface area (Å²) in [4.78, 5) is 12.9. The molecule has 2 nitrogen and oxygen atoms in total. The number of thioether (sulfide) groups is 1. The molecular formula is C28H37NOS. The molecule has 1 saturated carbocycles. The first-order chi connectivity index (χ1) is 14.8. The third kappa shape index (κ3) is 7.28. The third-order valence-electron chi connectivity index (χ3n) is 6.51. The number of hydrogen-bond donors (Lipinski definition) is 1. The monoisotopic (exact) mass is 435 g/mol. The number of benzene rings is 2. The van der Waals surface area contributed by atoms with Gasteiger partial charge in [0.15, 0.2) is 0 Å². The van der Waals surface area contributed by atoms with Crippen molar-refractivity contribution in [3.63, 3.8) is 0 Å². The normalized spacial score (nSPS) is 23.6. The minimum absolute atomic E-state index is 0.00768. The predicted molar refractivity (Wildman–Crippen MR) is 136 cm³/mol. The van der Waals surface area contributed by atoms with Gasteiger partial charge in [-0.15, -0.1) is 0 Å². The molecule has 4 atom stereocenters. The number of carbonyl (C=O) groups is 1. The van der Waals surface area contributed by atoms with E-state index in [2.05, 4.69) is 69.4 Å². The molecule has 1 N–H and O–H groups in total. The van der Waals surface area contributed by atoms with Gasteiger partial charge in [-0.3, -0.25) is 4.79 Å². The summed E-state index contributed by atoms with van der Waals surface area (Å²) in [5.74, 6) is 2.80. The second-order valence-electron chi connectivity index (χ2n) is 9.70. The molecule has 0 unspecified atom stereocenters. The number of rotatable bonds is 7. The molecule has 1 aliphatic carbocycles. The van der Waals surface area contributed by atoms with Crippen molar-refractivity contribution in [1.29, 1.82) is 0 Å². The number of amides is 1. The van der Waals surface area contributed by atoms with E-state index < -0.39 is 0 Å². The van der Waals surface area contributed by atoms with Crippen LogP contribution in [-0.4, -0.2) is 9.99 Å². The molecule has 1 amide bonds. The number of nitrogens with one attached hydrogen (secondary N) is 1. The van der Waals surface area contributed by atoms with Crippen LogP contribution in [0.4, 0.5) is 10.5 Å². The Bertz CT molecular complexity index is 848. The highest BCUT2D eigenvalue weighted by Crippen LogP contribution is 2.40. The summed E-state index contributed by atoms with van der Waals surface area (Å²) < 4.78 is -0.303. The Labute approximate surface area is 192 Å². The zero-order chi connectivity index (χ0) is 22.3. The third-order valence-corrected chi connectivity index (χ3v) is 7.55. The largest absolute Gasteiger partial charge is 0.317 e. The highest BCUT2D eigenvalue weighted by molar-refractivity contribution is 8.15. The Hall–Kier alpha value is -2.00. The van der Waals surface area contributed by atoms with Crippen molar-refractivity contribution < 1.29 is 4.79 Å². The lowest BCUT2D eigenvalue weighted by molar-refractivity contribution is 0.178. The number of allylic oxidation sites excluding steroid dienone is 1. The summed E-state index contributed by atoms with van der Waals surface area (Å²) in [6.45, 7) is 9.28. The van der Waals surface area contributed by atoms with Gasteiger partial charge in [-0.1, -0.05) is 99.6 Å². The summed E-state index contributed by atoms with van der Waals surface area (Å²) in [5, 5.41) is 3.04. The van der Waals surface area contributed by atoms with E-state index in [-0.39, 0.29) is 9.99 Å². The average molecular weight is 436 g/mol. The Morgan fingerprint density at radius 1 is 1.10 bits per heavy atom. The van der Waals surface area contributed by atoms with Crippen LogP contribution in [0, 0.1) is 23.7 Å². The maximum absolute atomic E-state index is 12.9. The van der Waals surface area contributed by atoms with E-state index in [1.165, 1.54) is 36.6 Å². The first-order valence-electron chi connectivity index (χ1n) is 11.6. The first-order valence-corrected chi connectivity index (χ1v) is 12.4. The topological polar surface area (TPSA) is 29.1 Å². The van der Waals surface area contributed by atoms with E-state index in [1.54, 1.807) is 0 Å². The molecule has 0 bridgehead atoms. The fourth-order valence-corrected chi connectivity index (χ4v) is 5.81. The summed E-state index contributed by atoms with van der Waals surface area (Å²) in [6, 6.07) is 20.2. The SMILES string of the molecule is CC(C)[C@@H]1CC[C@@H](C)C[C@H]1/C=C/[C@@](C)(Cc1ccccc1)SC(=O)Nc1ccccc1. The van der Waals surface area contributed by atoms with Gasteiger partial charge in [-0.2, -0.15) is 0 Å². The number of anilines is 1. The highest BCUT2D eigenvalue weighted by Gasteiger charge is 2.31. The molecule has 2 aromatic carbocycles. The van der Waals surface area contributed by atoms with Crippen molar-refractivity contribution in [2.75, 3.05) is 5.32 Å². The van der Waals surface area contributed by atoms with Crippen LogP contribution in [-0.2, 0) is 6.42 Å². The van der Waals surface area contributed by atoms with E-state index >= 15 is 0 Å². The van der Waals surface area contributed by atoms with Crippen molar-refractivity contribution in [3.8, 4) is 0 Å². The van der Waals surface area contributed by atoms with Crippen LogP contribution in [0.3, 0.4) is 0 Å². The van der Waals surface area contributed by atoms with Gasteiger partial charge < -0.3 is 5.32 Å². The van der Waals surface area contributed by atoms with Gasteiger partial charge in [0.25, 0.3) is 5.24 Å². The van der Waals surface area contributed by atoms with Crippen LogP contribution in [0.2, 0.25) is 0 Å². The standard InChI is InChI=1S/C28H37NOS/c1-21(2)26-16-15-22(3)19-24(26)17-18-28(4,20-23-11-7-5-8-12-23)31-27(30)29-25-13-9-6-10-14-25/h5-14,17-18,21-22,24,26H,15-16,19-20H2,1-4H3,(H,29,30)/b18-17+/t22-,24-,26+,28+/m1/s1. The molecule has 166 valence electrons. The fourth-order valence-electron chi connectivity index (χ4n) is 4.83.